The van der Waals surface area contributed by atoms with Crippen LogP contribution in [0.25, 0.3) is 6.08 Å². The molecule has 1 aliphatic carbocycles. The maximum Gasteiger partial charge on any atom is 0.310 e. The number of hydrogen-bond acceptors (Lipinski definition) is 2. The number of fused-ring (bicyclic) bond motifs is 1. The summed E-state index contributed by atoms with van der Waals surface area (Å²) in [5.74, 6) is -0.775. The van der Waals surface area contributed by atoms with Gasteiger partial charge in [-0.1, -0.05) is 35.9 Å². The minimum absolute atomic E-state index is 0.139. The Morgan fingerprint density at radius 2 is 2.06 bits per heavy atom. The van der Waals surface area contributed by atoms with E-state index in [1.807, 2.05) is 12.1 Å². The molecule has 0 fully saturated rings. The Balaban J connectivity index is 2.12. The zero-order valence-corrected chi connectivity index (χ0v) is 11.0. The monoisotopic (exact) mass is 245 g/mol. The predicted molar refractivity (Wildman–Crippen MR) is 72.3 cm³/mol. The molecule has 3 heteroatoms. The molecule has 1 aromatic carbocycles. The molecule has 1 atom stereocenters. The molecular weight excluding hydrogens is 226 g/mol. The van der Waals surface area contributed by atoms with Crippen molar-refractivity contribution in [1.29, 1.82) is 0 Å². The van der Waals surface area contributed by atoms with E-state index in [9.17, 15) is 4.79 Å². The fourth-order valence-electron chi connectivity index (χ4n) is 2.18. The molecule has 0 saturated heterocycles. The maximum absolute atomic E-state index is 11.1. The van der Waals surface area contributed by atoms with Gasteiger partial charge in [-0.3, -0.25) is 4.79 Å². The van der Waals surface area contributed by atoms with Gasteiger partial charge in [0.25, 0.3) is 0 Å². The van der Waals surface area contributed by atoms with Crippen molar-refractivity contribution in [2.24, 2.45) is 5.41 Å². The van der Waals surface area contributed by atoms with E-state index in [0.717, 1.165) is 0 Å². The Hall–Kier alpha value is -1.61. The molecule has 3 nitrogen and oxygen atoms in total. The Labute approximate surface area is 108 Å². The highest BCUT2D eigenvalue weighted by atomic mass is 16.4. The number of nitrogens with one attached hydrogen (secondary N) is 1. The van der Waals surface area contributed by atoms with E-state index < -0.39 is 11.4 Å². The lowest BCUT2D eigenvalue weighted by atomic mass is 9.92. The van der Waals surface area contributed by atoms with E-state index in [-0.39, 0.29) is 6.04 Å². The topological polar surface area (TPSA) is 49.3 Å². The quantitative estimate of drug-likeness (QED) is 0.857. The first kappa shape index (κ1) is 12.8. The summed E-state index contributed by atoms with van der Waals surface area (Å²) in [6.07, 6.45) is 2.15. The summed E-state index contributed by atoms with van der Waals surface area (Å²) in [6, 6.07) is 8.35. The molecule has 0 bridgehead atoms. The molecule has 2 N–H and O–H groups in total. The Kier molecular flexibility index (Phi) is 3.26. The van der Waals surface area contributed by atoms with Crippen LogP contribution >= 0.6 is 0 Å². The van der Waals surface area contributed by atoms with Gasteiger partial charge in [-0.05, 0) is 31.9 Å². The van der Waals surface area contributed by atoms with Gasteiger partial charge in [0.05, 0.1) is 11.5 Å². The minimum Gasteiger partial charge on any atom is -0.481 e. The summed E-state index contributed by atoms with van der Waals surface area (Å²) < 4.78 is 0. The van der Waals surface area contributed by atoms with Gasteiger partial charge in [-0.15, -0.1) is 0 Å². The molecule has 1 aromatic rings. The first-order valence-corrected chi connectivity index (χ1v) is 6.16. The van der Waals surface area contributed by atoms with E-state index in [4.69, 9.17) is 5.11 Å². The van der Waals surface area contributed by atoms with Gasteiger partial charge in [-0.2, -0.15) is 0 Å². The van der Waals surface area contributed by atoms with Crippen LogP contribution in [0.1, 0.15) is 37.9 Å². The second-order valence-electron chi connectivity index (χ2n) is 5.52. The van der Waals surface area contributed by atoms with E-state index in [2.05, 4.69) is 30.4 Å². The summed E-state index contributed by atoms with van der Waals surface area (Å²) in [4.78, 5) is 11.1. The molecule has 18 heavy (non-hydrogen) atoms. The molecule has 1 aliphatic rings. The average molecular weight is 245 g/mol. The highest BCUT2D eigenvalue weighted by molar-refractivity contribution is 5.74. The molecule has 0 aromatic heterocycles. The van der Waals surface area contributed by atoms with Crippen molar-refractivity contribution in [3.05, 3.63) is 41.0 Å². The lowest BCUT2D eigenvalue weighted by Crippen LogP contribution is -2.37. The Bertz CT molecular complexity index is 503. The molecule has 0 saturated carbocycles. The molecule has 2 rings (SSSR count). The van der Waals surface area contributed by atoms with Crippen LogP contribution in [0.5, 0.6) is 0 Å². The normalized spacial score (nSPS) is 18.4. The first-order valence-electron chi connectivity index (χ1n) is 6.16. The third-order valence-electron chi connectivity index (χ3n) is 3.47. The summed E-state index contributed by atoms with van der Waals surface area (Å²) in [6.45, 7) is 6.00. The third-order valence-corrected chi connectivity index (χ3v) is 3.47. The second kappa shape index (κ2) is 4.58. The highest BCUT2D eigenvalue weighted by Gasteiger charge is 2.30. The standard InChI is InChI=1S/C15H19NO2/c1-10-8-11-6-4-5-7-12(11)13(10)16-9-15(2,3)14(17)18/h4-8,13,16H,9H2,1-3H3,(H,17,18)/t13-/m1/s1. The summed E-state index contributed by atoms with van der Waals surface area (Å²) in [7, 11) is 0. The van der Waals surface area contributed by atoms with E-state index in [0.29, 0.717) is 6.54 Å². The number of carboxylic acid groups (broad SMARTS) is 1. The Morgan fingerprint density at radius 3 is 2.72 bits per heavy atom. The Morgan fingerprint density at radius 1 is 1.39 bits per heavy atom. The minimum atomic E-state index is -0.775. The highest BCUT2D eigenvalue weighted by Crippen LogP contribution is 2.34. The van der Waals surface area contributed by atoms with E-state index in [1.165, 1.54) is 16.7 Å². The van der Waals surface area contributed by atoms with Crippen LogP contribution in [-0.2, 0) is 4.79 Å². The van der Waals surface area contributed by atoms with Crippen LogP contribution in [0.3, 0.4) is 0 Å². The van der Waals surface area contributed by atoms with E-state index in [1.54, 1.807) is 13.8 Å². The molecule has 0 heterocycles. The van der Waals surface area contributed by atoms with Crippen LogP contribution in [0.15, 0.2) is 29.8 Å². The first-order chi connectivity index (χ1) is 8.42. The largest absolute Gasteiger partial charge is 0.481 e. The van der Waals surface area contributed by atoms with Crippen molar-refractivity contribution in [1.82, 2.24) is 5.32 Å². The van der Waals surface area contributed by atoms with Crippen LogP contribution < -0.4 is 5.32 Å². The fourth-order valence-corrected chi connectivity index (χ4v) is 2.18. The van der Waals surface area contributed by atoms with Crippen LogP contribution in [0, 0.1) is 5.41 Å². The summed E-state index contributed by atoms with van der Waals surface area (Å²) in [5.41, 5.74) is 2.94. The second-order valence-corrected chi connectivity index (χ2v) is 5.52. The number of rotatable bonds is 4. The van der Waals surface area contributed by atoms with Gasteiger partial charge in [0.1, 0.15) is 0 Å². The zero-order chi connectivity index (χ0) is 13.3. The predicted octanol–water partition coefficient (Wildman–Crippen LogP) is 2.85. The van der Waals surface area contributed by atoms with Crippen molar-refractivity contribution in [2.45, 2.75) is 26.8 Å². The van der Waals surface area contributed by atoms with Gasteiger partial charge in [0.2, 0.25) is 0 Å². The maximum atomic E-state index is 11.1. The van der Waals surface area contributed by atoms with Crippen LogP contribution in [0.2, 0.25) is 0 Å². The molecular formula is C15H19NO2. The number of carbonyl (C=O) groups is 1. The van der Waals surface area contributed by atoms with Gasteiger partial charge in [0.15, 0.2) is 0 Å². The fraction of sp³-hybridized carbons (Fsp3) is 0.400. The van der Waals surface area contributed by atoms with Crippen molar-refractivity contribution in [3.8, 4) is 0 Å². The van der Waals surface area contributed by atoms with Gasteiger partial charge >= 0.3 is 5.97 Å². The van der Waals surface area contributed by atoms with Gasteiger partial charge in [0, 0.05) is 6.54 Å². The summed E-state index contributed by atoms with van der Waals surface area (Å²) >= 11 is 0. The molecule has 0 amide bonds. The number of carboxylic acids is 1. The lowest BCUT2D eigenvalue weighted by Gasteiger charge is -2.24. The number of benzene rings is 1. The molecule has 96 valence electrons. The van der Waals surface area contributed by atoms with Crippen molar-refractivity contribution < 1.29 is 9.90 Å². The summed E-state index contributed by atoms with van der Waals surface area (Å²) in [5, 5.41) is 12.5. The zero-order valence-electron chi connectivity index (χ0n) is 11.0. The lowest BCUT2D eigenvalue weighted by molar-refractivity contribution is -0.146. The third kappa shape index (κ3) is 2.31. The molecule has 0 unspecified atom stereocenters. The number of aliphatic carboxylic acids is 1. The van der Waals surface area contributed by atoms with Crippen molar-refractivity contribution in [2.75, 3.05) is 6.54 Å². The smallest absolute Gasteiger partial charge is 0.310 e. The van der Waals surface area contributed by atoms with Crippen molar-refractivity contribution in [3.63, 3.8) is 0 Å². The molecule has 0 radical (unpaired) electrons. The number of hydrogen-bond donors (Lipinski definition) is 2. The average Bonchev–Trinajstić information content (AvgIpc) is 2.62. The van der Waals surface area contributed by atoms with E-state index >= 15 is 0 Å². The van der Waals surface area contributed by atoms with Crippen LogP contribution in [-0.4, -0.2) is 17.6 Å². The van der Waals surface area contributed by atoms with Crippen LogP contribution in [0.4, 0.5) is 0 Å². The van der Waals surface area contributed by atoms with Gasteiger partial charge < -0.3 is 10.4 Å². The SMILES string of the molecule is CC1=Cc2ccccc2[C@@H]1NCC(C)(C)C(=O)O. The van der Waals surface area contributed by atoms with Gasteiger partial charge in [-0.25, -0.2) is 0 Å². The molecule has 0 aliphatic heterocycles. The van der Waals surface area contributed by atoms with Crippen molar-refractivity contribution >= 4 is 12.0 Å². The molecule has 0 spiro atoms.